The molecule has 0 atom stereocenters. The first kappa shape index (κ1) is 21.5. The van der Waals surface area contributed by atoms with Gasteiger partial charge in [0.15, 0.2) is 0 Å². The molecule has 1 aliphatic heterocycles. The van der Waals surface area contributed by atoms with Crippen molar-refractivity contribution in [2.24, 2.45) is 0 Å². The van der Waals surface area contributed by atoms with E-state index in [1.54, 1.807) is 12.1 Å². The SMILES string of the molecule is O=C(NC1CCNCC1)c1ccn(S(=O)(=O)c2cccc(Cl)c2)c1-c1cccc(F)c1. The van der Waals surface area contributed by atoms with E-state index < -0.39 is 21.7 Å². The molecule has 2 aromatic carbocycles. The maximum absolute atomic E-state index is 14.0. The van der Waals surface area contributed by atoms with Crippen LogP contribution < -0.4 is 10.6 Å². The minimum atomic E-state index is -4.08. The highest BCUT2D eigenvalue weighted by molar-refractivity contribution is 7.90. The van der Waals surface area contributed by atoms with Crippen LogP contribution in [0.2, 0.25) is 5.02 Å². The van der Waals surface area contributed by atoms with Crippen LogP contribution in [0.3, 0.4) is 0 Å². The van der Waals surface area contributed by atoms with Crippen molar-refractivity contribution in [3.8, 4) is 11.3 Å². The van der Waals surface area contributed by atoms with E-state index in [2.05, 4.69) is 10.6 Å². The van der Waals surface area contributed by atoms with Crippen LogP contribution in [0.25, 0.3) is 11.3 Å². The van der Waals surface area contributed by atoms with Crippen LogP contribution in [0.4, 0.5) is 4.39 Å². The van der Waals surface area contributed by atoms with Crippen molar-refractivity contribution in [2.45, 2.75) is 23.8 Å². The summed E-state index contributed by atoms with van der Waals surface area (Å²) < 4.78 is 41.7. The van der Waals surface area contributed by atoms with Crippen molar-refractivity contribution in [1.29, 1.82) is 0 Å². The van der Waals surface area contributed by atoms with Gasteiger partial charge in [-0.1, -0.05) is 29.8 Å². The first-order valence-electron chi connectivity index (χ1n) is 9.86. The van der Waals surface area contributed by atoms with Gasteiger partial charge in [0.2, 0.25) is 0 Å². The van der Waals surface area contributed by atoms with Crippen LogP contribution in [0, 0.1) is 5.82 Å². The number of benzene rings is 2. The number of hydrogen-bond acceptors (Lipinski definition) is 4. The van der Waals surface area contributed by atoms with Gasteiger partial charge in [-0.15, -0.1) is 0 Å². The number of amides is 1. The second-order valence-electron chi connectivity index (χ2n) is 7.34. The van der Waals surface area contributed by atoms with Crippen molar-refractivity contribution in [3.63, 3.8) is 0 Å². The molecule has 2 N–H and O–H groups in total. The van der Waals surface area contributed by atoms with Crippen LogP contribution in [0.15, 0.2) is 65.7 Å². The van der Waals surface area contributed by atoms with E-state index in [4.69, 9.17) is 11.6 Å². The van der Waals surface area contributed by atoms with E-state index in [0.29, 0.717) is 0 Å². The average molecular weight is 462 g/mol. The molecule has 1 saturated heterocycles. The van der Waals surface area contributed by atoms with Crippen molar-refractivity contribution in [1.82, 2.24) is 14.6 Å². The molecule has 6 nitrogen and oxygen atoms in total. The summed E-state index contributed by atoms with van der Waals surface area (Å²) in [5, 5.41) is 6.47. The fourth-order valence-electron chi connectivity index (χ4n) is 3.69. The van der Waals surface area contributed by atoms with Crippen LogP contribution in [0.1, 0.15) is 23.2 Å². The number of hydrogen-bond donors (Lipinski definition) is 2. The number of nitrogens with one attached hydrogen (secondary N) is 2. The predicted molar refractivity (Wildman–Crippen MR) is 117 cm³/mol. The molecule has 2 heterocycles. The molecule has 0 unspecified atom stereocenters. The normalized spacial score (nSPS) is 15.0. The van der Waals surface area contributed by atoms with Gasteiger partial charge in [0, 0.05) is 22.8 Å². The molecular formula is C22H21ClFN3O3S. The van der Waals surface area contributed by atoms with Crippen LogP contribution >= 0.6 is 11.6 Å². The highest BCUT2D eigenvalue weighted by Crippen LogP contribution is 2.30. The van der Waals surface area contributed by atoms with Gasteiger partial charge in [0.05, 0.1) is 16.2 Å². The zero-order valence-corrected chi connectivity index (χ0v) is 18.1. The fourth-order valence-corrected chi connectivity index (χ4v) is 5.36. The molecule has 31 heavy (non-hydrogen) atoms. The highest BCUT2D eigenvalue weighted by Gasteiger charge is 2.27. The number of carbonyl (C=O) groups excluding carboxylic acids is 1. The first-order valence-corrected chi connectivity index (χ1v) is 11.7. The van der Waals surface area contributed by atoms with E-state index in [0.717, 1.165) is 29.9 Å². The number of halogens is 2. The minimum absolute atomic E-state index is 0.0120. The standard InChI is InChI=1S/C22H21ClFN3O3S/c23-16-4-2-6-19(14-16)31(29,30)27-12-9-20(21(27)15-3-1-5-17(24)13-15)22(28)26-18-7-10-25-11-8-18/h1-6,9,12-14,18,25H,7-8,10-11H2,(H,26,28). The summed E-state index contributed by atoms with van der Waals surface area (Å²) >= 11 is 5.99. The molecule has 1 fully saturated rings. The van der Waals surface area contributed by atoms with Crippen LogP contribution in [0.5, 0.6) is 0 Å². The second-order valence-corrected chi connectivity index (χ2v) is 9.60. The van der Waals surface area contributed by atoms with E-state index in [1.807, 2.05) is 0 Å². The molecule has 1 amide bonds. The molecule has 1 aliphatic rings. The summed E-state index contributed by atoms with van der Waals surface area (Å²) in [5.74, 6) is -0.929. The Morgan fingerprint density at radius 1 is 1.10 bits per heavy atom. The lowest BCUT2D eigenvalue weighted by atomic mass is 10.0. The third kappa shape index (κ3) is 4.51. The maximum atomic E-state index is 14.0. The van der Waals surface area contributed by atoms with Crippen molar-refractivity contribution >= 4 is 27.5 Å². The van der Waals surface area contributed by atoms with Crippen LogP contribution in [-0.2, 0) is 10.0 Å². The number of carbonyl (C=O) groups is 1. The lowest BCUT2D eigenvalue weighted by Crippen LogP contribution is -2.42. The third-order valence-electron chi connectivity index (χ3n) is 5.22. The van der Waals surface area contributed by atoms with Gasteiger partial charge in [0.1, 0.15) is 5.82 Å². The average Bonchev–Trinajstić information content (AvgIpc) is 3.21. The summed E-state index contributed by atoms with van der Waals surface area (Å²) in [7, 11) is -4.08. The van der Waals surface area contributed by atoms with Crippen molar-refractivity contribution in [3.05, 3.63) is 77.2 Å². The largest absolute Gasteiger partial charge is 0.349 e. The van der Waals surface area contributed by atoms with Gasteiger partial charge in [0.25, 0.3) is 15.9 Å². The first-order chi connectivity index (χ1) is 14.9. The minimum Gasteiger partial charge on any atom is -0.349 e. The third-order valence-corrected chi connectivity index (χ3v) is 7.13. The van der Waals surface area contributed by atoms with E-state index in [-0.39, 0.29) is 32.8 Å². The monoisotopic (exact) mass is 461 g/mol. The Morgan fingerprint density at radius 3 is 2.55 bits per heavy atom. The Labute approximate surface area is 185 Å². The molecular weight excluding hydrogens is 441 g/mol. The van der Waals surface area contributed by atoms with Crippen LogP contribution in [-0.4, -0.2) is 37.4 Å². The molecule has 0 bridgehead atoms. The predicted octanol–water partition coefficient (Wildman–Crippen LogP) is 3.67. The van der Waals surface area contributed by atoms with Gasteiger partial charge in [-0.25, -0.2) is 16.8 Å². The molecule has 3 aromatic rings. The van der Waals surface area contributed by atoms with Gasteiger partial charge in [-0.3, -0.25) is 4.79 Å². The Balaban J connectivity index is 1.82. The lowest BCUT2D eigenvalue weighted by molar-refractivity contribution is 0.0930. The summed E-state index contributed by atoms with van der Waals surface area (Å²) in [6.07, 6.45) is 2.87. The molecule has 162 valence electrons. The molecule has 9 heteroatoms. The summed E-state index contributed by atoms with van der Waals surface area (Å²) in [4.78, 5) is 13.0. The number of piperidine rings is 1. The van der Waals surface area contributed by atoms with Crippen molar-refractivity contribution in [2.75, 3.05) is 13.1 Å². The topological polar surface area (TPSA) is 80.2 Å². The Hall–Kier alpha value is -2.68. The summed E-state index contributed by atoms with van der Waals surface area (Å²) in [6.45, 7) is 1.59. The molecule has 1 aromatic heterocycles. The Morgan fingerprint density at radius 2 is 1.84 bits per heavy atom. The number of nitrogens with zero attached hydrogens (tertiary/aromatic N) is 1. The molecule has 0 spiro atoms. The zero-order chi connectivity index (χ0) is 22.0. The zero-order valence-electron chi connectivity index (χ0n) is 16.5. The molecule has 0 radical (unpaired) electrons. The van der Waals surface area contributed by atoms with Gasteiger partial charge in [-0.2, -0.15) is 0 Å². The van der Waals surface area contributed by atoms with Gasteiger partial charge in [-0.05, 0) is 62.3 Å². The second kappa shape index (κ2) is 8.82. The van der Waals surface area contributed by atoms with Crippen molar-refractivity contribution < 1.29 is 17.6 Å². The van der Waals surface area contributed by atoms with Gasteiger partial charge < -0.3 is 10.6 Å². The smallest absolute Gasteiger partial charge is 0.268 e. The number of aromatic nitrogens is 1. The molecule has 4 rings (SSSR count). The Bertz CT molecular complexity index is 1220. The summed E-state index contributed by atoms with van der Waals surface area (Å²) in [5.41, 5.74) is 0.548. The highest BCUT2D eigenvalue weighted by atomic mass is 35.5. The van der Waals surface area contributed by atoms with E-state index in [9.17, 15) is 17.6 Å². The fraction of sp³-hybridized carbons (Fsp3) is 0.227. The quantitative estimate of drug-likeness (QED) is 0.607. The molecule has 0 saturated carbocycles. The van der Waals surface area contributed by atoms with E-state index >= 15 is 0 Å². The van der Waals surface area contributed by atoms with E-state index in [1.165, 1.54) is 48.7 Å². The maximum Gasteiger partial charge on any atom is 0.268 e. The van der Waals surface area contributed by atoms with Gasteiger partial charge >= 0.3 is 0 Å². The lowest BCUT2D eigenvalue weighted by Gasteiger charge is -2.23. The Kier molecular flexibility index (Phi) is 6.13. The molecule has 0 aliphatic carbocycles. The summed E-state index contributed by atoms with van der Waals surface area (Å²) in [6, 6.07) is 12.8. The number of rotatable bonds is 5.